The monoisotopic (exact) mass is 212 g/mol. The van der Waals surface area contributed by atoms with Crippen molar-refractivity contribution in [2.75, 3.05) is 0 Å². The Hall–Kier alpha value is -1.74. The minimum absolute atomic E-state index is 0.915. The summed E-state index contributed by atoms with van der Waals surface area (Å²) in [4.78, 5) is 4.29. The normalized spacial score (nSPS) is 10.7. The van der Waals surface area contributed by atoms with Crippen molar-refractivity contribution in [1.82, 2.24) is 4.98 Å². The molecule has 0 spiro atoms. The maximum absolute atomic E-state index is 4.29. The molecule has 0 aliphatic heterocycles. The average molecular weight is 212 g/mol. The second-order valence-electron chi connectivity index (χ2n) is 3.18. The van der Waals surface area contributed by atoms with Crippen LogP contribution in [0.2, 0.25) is 0 Å². The number of fused-ring (bicyclic) bond motifs is 1. The summed E-state index contributed by atoms with van der Waals surface area (Å²) < 4.78 is 3.19. The summed E-state index contributed by atoms with van der Waals surface area (Å²) >= 11 is 1.65. The Morgan fingerprint density at radius 2 is 1.93 bits per heavy atom. The quantitative estimate of drug-likeness (QED) is 0.447. The fourth-order valence-corrected chi connectivity index (χ4v) is 2.34. The predicted octanol–water partition coefficient (Wildman–Crippen LogP) is 2.37. The van der Waals surface area contributed by atoms with Gasteiger partial charge < -0.3 is 0 Å². The van der Waals surface area contributed by atoms with Gasteiger partial charge in [0.05, 0.1) is 6.20 Å². The Bertz CT molecular complexity index is 554. The molecule has 2 aromatic heterocycles. The predicted molar refractivity (Wildman–Crippen MR) is 60.0 cm³/mol. The molecule has 0 aliphatic rings. The minimum Gasteiger partial charge on any atom is -0.230 e. The van der Waals surface area contributed by atoms with Crippen molar-refractivity contribution in [3.05, 3.63) is 54.9 Å². The third-order valence-electron chi connectivity index (χ3n) is 2.16. The molecule has 0 amide bonds. The number of hydrogen-bond acceptors (Lipinski definition) is 2. The van der Waals surface area contributed by atoms with Crippen molar-refractivity contribution in [1.29, 1.82) is 0 Å². The Morgan fingerprint density at radius 1 is 1.07 bits per heavy atom. The first-order valence-electron chi connectivity index (χ1n) is 4.68. The zero-order valence-electron chi connectivity index (χ0n) is 7.92. The van der Waals surface area contributed by atoms with Gasteiger partial charge in [0.1, 0.15) is 6.20 Å². The van der Waals surface area contributed by atoms with Gasteiger partial charge in [0.15, 0.2) is 0 Å². The van der Waals surface area contributed by atoms with Gasteiger partial charge in [-0.2, -0.15) is 0 Å². The fraction of sp³-hybridized carbons (Fsp3) is 0. The van der Waals surface area contributed by atoms with Crippen LogP contribution in [0.25, 0.3) is 15.9 Å². The second-order valence-corrected chi connectivity index (χ2v) is 4.17. The molecule has 0 saturated heterocycles. The van der Waals surface area contributed by atoms with E-state index < -0.39 is 0 Å². The summed E-state index contributed by atoms with van der Waals surface area (Å²) in [5.74, 6) is 0.915. The first kappa shape index (κ1) is 8.56. The molecule has 0 aliphatic carbocycles. The van der Waals surface area contributed by atoms with Crippen molar-refractivity contribution < 1.29 is 3.96 Å². The number of nitrogens with zero attached hydrogens (tertiary/aromatic N) is 2. The van der Waals surface area contributed by atoms with Crippen LogP contribution >= 0.6 is 11.5 Å². The molecule has 3 aromatic rings. The number of hydrogen-bond donors (Lipinski definition) is 0. The number of aromatic nitrogens is 2. The molecule has 0 atom stereocenters. The highest BCUT2D eigenvalue weighted by molar-refractivity contribution is 7.09. The molecule has 0 unspecified atom stereocenters. The maximum Gasteiger partial charge on any atom is 0.266 e. The number of pyridine rings is 1. The minimum atomic E-state index is 0.915. The molecule has 3 rings (SSSR count). The van der Waals surface area contributed by atoms with Gasteiger partial charge in [0, 0.05) is 0 Å². The molecule has 2 heterocycles. The zero-order chi connectivity index (χ0) is 10.1. The van der Waals surface area contributed by atoms with Gasteiger partial charge in [-0.25, -0.2) is 3.96 Å². The Kier molecular flexibility index (Phi) is 1.96. The van der Waals surface area contributed by atoms with Gasteiger partial charge >= 0.3 is 0 Å². The molecule has 0 fully saturated rings. The summed E-state index contributed by atoms with van der Waals surface area (Å²) in [6, 6.07) is 14.1. The van der Waals surface area contributed by atoms with Crippen LogP contribution < -0.4 is 3.96 Å². The topological polar surface area (TPSA) is 16.8 Å². The zero-order valence-corrected chi connectivity index (χ0v) is 8.74. The molecule has 15 heavy (non-hydrogen) atoms. The van der Waals surface area contributed by atoms with Crippen LogP contribution in [0.5, 0.6) is 0 Å². The van der Waals surface area contributed by atoms with Crippen molar-refractivity contribution in [3.63, 3.8) is 0 Å². The van der Waals surface area contributed by atoms with E-state index >= 15 is 0 Å². The fourth-order valence-electron chi connectivity index (χ4n) is 1.45. The molecular weight excluding hydrogens is 204 g/mol. The van der Waals surface area contributed by atoms with Crippen LogP contribution in [0.3, 0.4) is 0 Å². The van der Waals surface area contributed by atoms with Gasteiger partial charge in [0.25, 0.3) is 5.82 Å². The standard InChI is InChI=1S/C12H8N2S/c1-2-6-11-10(5-1)9-14(15-11)12-7-3-4-8-13-12/h1-8H. The summed E-state index contributed by atoms with van der Waals surface area (Å²) in [5, 5.41) is 1.13. The van der Waals surface area contributed by atoms with Crippen LogP contribution in [0.4, 0.5) is 0 Å². The molecule has 2 nitrogen and oxygen atoms in total. The van der Waals surface area contributed by atoms with E-state index in [0.717, 1.165) is 11.2 Å². The van der Waals surface area contributed by atoms with Crippen molar-refractivity contribution in [3.8, 4) is 5.82 Å². The van der Waals surface area contributed by atoms with Crippen molar-refractivity contribution >= 4 is 21.6 Å². The van der Waals surface area contributed by atoms with E-state index in [9.17, 15) is 0 Å². The molecule has 0 radical (unpaired) electrons. The Labute approximate surface area is 91.6 Å². The molecule has 0 saturated carbocycles. The van der Waals surface area contributed by atoms with E-state index in [1.54, 1.807) is 17.7 Å². The molecule has 1 aromatic carbocycles. The second kappa shape index (κ2) is 3.44. The molecule has 0 bridgehead atoms. The van der Waals surface area contributed by atoms with Crippen molar-refractivity contribution in [2.24, 2.45) is 0 Å². The summed E-state index contributed by atoms with van der Waals surface area (Å²) in [5.41, 5.74) is 0. The first-order valence-corrected chi connectivity index (χ1v) is 5.46. The lowest BCUT2D eigenvalue weighted by atomic mass is 10.3. The molecule has 3 heteroatoms. The van der Waals surface area contributed by atoms with E-state index in [1.165, 1.54) is 4.70 Å². The maximum atomic E-state index is 4.29. The van der Waals surface area contributed by atoms with Crippen LogP contribution in [-0.4, -0.2) is 4.98 Å². The van der Waals surface area contributed by atoms with Gasteiger partial charge in [-0.1, -0.05) is 28.6 Å². The SMILES string of the molecule is [c-]1c2ccccc2s[n+]1-c1ccccn1. The lowest BCUT2D eigenvalue weighted by Crippen LogP contribution is -2.25. The molecular formula is C12H8N2S. The summed E-state index contributed by atoms with van der Waals surface area (Å²) in [6.07, 6.45) is 5.08. The lowest BCUT2D eigenvalue weighted by Gasteiger charge is -1.91. The van der Waals surface area contributed by atoms with E-state index in [4.69, 9.17) is 0 Å². The number of benzene rings is 1. The van der Waals surface area contributed by atoms with Crippen LogP contribution in [0.15, 0.2) is 48.7 Å². The largest absolute Gasteiger partial charge is 0.266 e. The highest BCUT2D eigenvalue weighted by atomic mass is 32.1. The van der Waals surface area contributed by atoms with E-state index in [-0.39, 0.29) is 0 Å². The molecule has 0 N–H and O–H groups in total. The summed E-state index contributed by atoms with van der Waals surface area (Å²) in [7, 11) is 0. The van der Waals surface area contributed by atoms with Crippen molar-refractivity contribution in [2.45, 2.75) is 0 Å². The lowest BCUT2D eigenvalue weighted by molar-refractivity contribution is -0.527. The van der Waals surface area contributed by atoms with Gasteiger partial charge in [-0.15, -0.1) is 12.1 Å². The van der Waals surface area contributed by atoms with Gasteiger partial charge in [-0.3, -0.25) is 0 Å². The smallest absolute Gasteiger partial charge is 0.230 e. The third-order valence-corrected chi connectivity index (χ3v) is 3.17. The van der Waals surface area contributed by atoms with Crippen LogP contribution in [-0.2, 0) is 0 Å². The summed E-state index contributed by atoms with van der Waals surface area (Å²) in [6.45, 7) is 0. The third kappa shape index (κ3) is 1.51. The van der Waals surface area contributed by atoms with E-state index in [0.29, 0.717) is 0 Å². The van der Waals surface area contributed by atoms with Crippen LogP contribution in [0, 0.1) is 6.20 Å². The first-order chi connectivity index (χ1) is 7.43. The van der Waals surface area contributed by atoms with Crippen LogP contribution in [0.1, 0.15) is 0 Å². The van der Waals surface area contributed by atoms with E-state index in [1.807, 2.05) is 34.3 Å². The average Bonchev–Trinajstić information content (AvgIpc) is 2.74. The Balaban J connectivity index is 2.21. The molecule has 72 valence electrons. The highest BCUT2D eigenvalue weighted by Gasteiger charge is 2.02. The van der Waals surface area contributed by atoms with Gasteiger partial charge in [0.2, 0.25) is 0 Å². The number of rotatable bonds is 1. The highest BCUT2D eigenvalue weighted by Crippen LogP contribution is 2.15. The van der Waals surface area contributed by atoms with E-state index in [2.05, 4.69) is 23.3 Å². The van der Waals surface area contributed by atoms with Gasteiger partial charge in [-0.05, 0) is 28.4 Å². The Morgan fingerprint density at radius 3 is 2.73 bits per heavy atom.